The Hall–Kier alpha value is -3.35. The van der Waals surface area contributed by atoms with Crippen molar-refractivity contribution in [2.45, 2.75) is 18.1 Å². The van der Waals surface area contributed by atoms with Gasteiger partial charge in [-0.25, -0.2) is 19.7 Å². The Morgan fingerprint density at radius 1 is 1.32 bits per heavy atom. The van der Waals surface area contributed by atoms with Gasteiger partial charge in [0.2, 0.25) is 5.91 Å². The average molecular weight is 500 g/mol. The van der Waals surface area contributed by atoms with Crippen LogP contribution in [0.2, 0.25) is 5.02 Å². The predicted octanol–water partition coefficient (Wildman–Crippen LogP) is 2.02. The van der Waals surface area contributed by atoms with Crippen molar-refractivity contribution in [3.05, 3.63) is 40.9 Å². The van der Waals surface area contributed by atoms with Crippen LogP contribution in [-0.4, -0.2) is 83.9 Å². The molecule has 14 heteroatoms. The molecule has 2 N–H and O–H groups in total. The third kappa shape index (κ3) is 5.08. The number of halogens is 4. The quantitative estimate of drug-likeness (QED) is 0.657. The third-order valence-electron chi connectivity index (χ3n) is 5.58. The minimum atomic E-state index is -4.57. The van der Waals surface area contributed by atoms with Crippen LogP contribution < -0.4 is 15.5 Å². The second-order valence-electron chi connectivity index (χ2n) is 7.76. The smallest absolute Gasteiger partial charge is 0.409 e. The number of methoxy groups -OCH3 is 1. The Kier molecular flexibility index (Phi) is 6.64. The van der Waals surface area contributed by atoms with E-state index in [4.69, 9.17) is 16.3 Å². The van der Waals surface area contributed by atoms with Crippen molar-refractivity contribution in [2.75, 3.05) is 50.1 Å². The largest absolute Gasteiger partial charge is 0.453 e. The van der Waals surface area contributed by atoms with Gasteiger partial charge >= 0.3 is 12.3 Å². The molecule has 1 unspecified atom stereocenters. The molecule has 2 aliphatic heterocycles. The van der Waals surface area contributed by atoms with Crippen molar-refractivity contribution in [1.29, 1.82) is 0 Å². The summed E-state index contributed by atoms with van der Waals surface area (Å²) in [5.74, 6) is 0.326. The van der Waals surface area contributed by atoms with Gasteiger partial charge in [0.05, 0.1) is 24.6 Å². The second kappa shape index (κ2) is 9.49. The Morgan fingerprint density at radius 3 is 2.85 bits per heavy atom. The average Bonchev–Trinajstić information content (AvgIpc) is 3.24. The molecule has 2 aromatic heterocycles. The molecule has 4 heterocycles. The van der Waals surface area contributed by atoms with Crippen LogP contribution in [-0.2, 0) is 9.53 Å². The Morgan fingerprint density at radius 2 is 2.12 bits per heavy atom. The number of ether oxygens (including phenoxy) is 1. The molecule has 0 spiro atoms. The number of amides is 2. The summed E-state index contributed by atoms with van der Waals surface area (Å²) < 4.78 is 42.8. The highest BCUT2D eigenvalue weighted by atomic mass is 35.5. The van der Waals surface area contributed by atoms with E-state index in [2.05, 4.69) is 20.3 Å². The first-order valence-electron chi connectivity index (χ1n) is 10.3. The van der Waals surface area contributed by atoms with Gasteiger partial charge in [-0.15, -0.1) is 0 Å². The molecule has 4 rings (SSSR count). The van der Waals surface area contributed by atoms with Crippen LogP contribution in [0.5, 0.6) is 0 Å². The van der Waals surface area contributed by atoms with Gasteiger partial charge in [-0.05, 0) is 12.1 Å². The summed E-state index contributed by atoms with van der Waals surface area (Å²) in [6, 6.07) is 2.23. The highest BCUT2D eigenvalue weighted by molar-refractivity contribution is 6.30. The van der Waals surface area contributed by atoms with Crippen LogP contribution >= 0.6 is 11.6 Å². The fourth-order valence-electron chi connectivity index (χ4n) is 3.98. The Balaban J connectivity index is 1.61. The van der Waals surface area contributed by atoms with E-state index in [1.165, 1.54) is 24.4 Å². The molecule has 2 aromatic rings. The van der Waals surface area contributed by atoms with E-state index in [-0.39, 0.29) is 25.6 Å². The number of hydrogen-bond acceptors (Lipinski definition) is 8. The molecule has 1 fully saturated rings. The van der Waals surface area contributed by atoms with Crippen molar-refractivity contribution >= 4 is 35.2 Å². The number of carbonyl (C=O) groups excluding carboxylic acids is 2. The number of nitrogens with zero attached hydrogens (tertiary/aromatic N) is 5. The van der Waals surface area contributed by atoms with E-state index in [1.54, 1.807) is 17.0 Å². The van der Waals surface area contributed by atoms with Crippen molar-refractivity contribution < 1.29 is 27.5 Å². The molecule has 2 aliphatic rings. The molecule has 0 aliphatic carbocycles. The van der Waals surface area contributed by atoms with Crippen LogP contribution in [0.25, 0.3) is 0 Å². The van der Waals surface area contributed by atoms with Crippen LogP contribution in [0.3, 0.4) is 0 Å². The molecular formula is C20H21ClF3N7O3. The van der Waals surface area contributed by atoms with Crippen molar-refractivity contribution in [3.8, 4) is 0 Å². The molecule has 0 saturated carbocycles. The number of anilines is 2. The maximum absolute atomic E-state index is 12.7. The number of nitrogens with one attached hydrogen (secondary N) is 2. The normalized spacial score (nSPS) is 19.9. The minimum absolute atomic E-state index is 0.155. The molecule has 2 amide bonds. The van der Waals surface area contributed by atoms with Crippen molar-refractivity contribution in [2.24, 2.45) is 0 Å². The van der Waals surface area contributed by atoms with Gasteiger partial charge in [0, 0.05) is 37.6 Å². The van der Waals surface area contributed by atoms with E-state index in [0.717, 1.165) is 5.56 Å². The van der Waals surface area contributed by atoms with Gasteiger partial charge in [0.25, 0.3) is 0 Å². The van der Waals surface area contributed by atoms with Gasteiger partial charge in [-0.3, -0.25) is 4.79 Å². The van der Waals surface area contributed by atoms with E-state index >= 15 is 0 Å². The summed E-state index contributed by atoms with van der Waals surface area (Å²) in [6.45, 7) is -0.812. The molecule has 0 bridgehead atoms. The maximum Gasteiger partial charge on any atom is 0.409 e. The highest BCUT2D eigenvalue weighted by Crippen LogP contribution is 2.35. The molecule has 182 valence electrons. The van der Waals surface area contributed by atoms with Gasteiger partial charge in [0.1, 0.15) is 30.0 Å². The molecule has 0 radical (unpaired) electrons. The van der Waals surface area contributed by atoms with E-state index < -0.39 is 30.8 Å². The number of rotatable bonds is 4. The zero-order valence-corrected chi connectivity index (χ0v) is 18.7. The number of hydrogen-bond donors (Lipinski definition) is 2. The fourth-order valence-corrected chi connectivity index (χ4v) is 4.15. The summed E-state index contributed by atoms with van der Waals surface area (Å²) >= 11 is 6.09. The first kappa shape index (κ1) is 23.8. The van der Waals surface area contributed by atoms with Crippen molar-refractivity contribution in [1.82, 2.24) is 25.2 Å². The lowest BCUT2D eigenvalue weighted by molar-refractivity contribution is -0.139. The summed E-state index contributed by atoms with van der Waals surface area (Å²) in [4.78, 5) is 40.8. The number of aromatic nitrogens is 3. The molecule has 0 aromatic carbocycles. The van der Waals surface area contributed by atoms with Crippen LogP contribution in [0.4, 0.5) is 29.6 Å². The predicted molar refractivity (Wildman–Crippen MR) is 116 cm³/mol. The van der Waals surface area contributed by atoms with Crippen LogP contribution in [0, 0.1) is 0 Å². The first-order valence-corrected chi connectivity index (χ1v) is 10.7. The van der Waals surface area contributed by atoms with Gasteiger partial charge in [-0.2, -0.15) is 13.2 Å². The highest BCUT2D eigenvalue weighted by Gasteiger charge is 2.38. The topological polar surface area (TPSA) is 113 Å². The standard InChI is InChI=1S/C20H21ClF3N7O3/c1-34-19(33)30-4-5-31(14(9-30)18(32)28-10-20(22,23)24)15-2-3-25-17(29-15)13-8-27-16-12(13)6-11(21)7-26-16/h2-3,6-7,13-14H,4-5,8-10H2,1H3,(H,26,27)(H,28,32)/t13?,14-/m0/s1. The van der Waals surface area contributed by atoms with Gasteiger partial charge in [0.15, 0.2) is 0 Å². The van der Waals surface area contributed by atoms with Gasteiger partial charge < -0.3 is 25.2 Å². The molecule has 2 atom stereocenters. The number of alkyl halides is 3. The number of pyridine rings is 1. The number of carbonyl (C=O) groups is 2. The summed E-state index contributed by atoms with van der Waals surface area (Å²) in [7, 11) is 1.19. The lowest BCUT2D eigenvalue weighted by Gasteiger charge is -2.40. The maximum atomic E-state index is 12.7. The van der Waals surface area contributed by atoms with Crippen LogP contribution in [0.1, 0.15) is 17.3 Å². The first-order chi connectivity index (χ1) is 16.2. The Labute approximate surface area is 197 Å². The molecular weight excluding hydrogens is 479 g/mol. The minimum Gasteiger partial charge on any atom is -0.453 e. The SMILES string of the molecule is COC(=O)N1CCN(c2ccnc(C3CNc4ncc(Cl)cc43)n2)[C@H](C(=O)NCC(F)(F)F)C1. The summed E-state index contributed by atoms with van der Waals surface area (Å²) in [5.41, 5.74) is 0.819. The molecule has 10 nitrogen and oxygen atoms in total. The van der Waals surface area contributed by atoms with Crippen LogP contribution in [0.15, 0.2) is 24.5 Å². The van der Waals surface area contributed by atoms with Crippen molar-refractivity contribution in [3.63, 3.8) is 0 Å². The molecule has 34 heavy (non-hydrogen) atoms. The molecule has 1 saturated heterocycles. The third-order valence-corrected chi connectivity index (χ3v) is 5.78. The van der Waals surface area contributed by atoms with E-state index in [9.17, 15) is 22.8 Å². The number of piperazine rings is 1. The monoisotopic (exact) mass is 499 g/mol. The summed E-state index contributed by atoms with van der Waals surface area (Å²) in [6.07, 6.45) is -2.20. The lowest BCUT2D eigenvalue weighted by Crippen LogP contribution is -2.61. The van der Waals surface area contributed by atoms with E-state index in [0.29, 0.717) is 29.0 Å². The van der Waals surface area contributed by atoms with E-state index in [1.807, 2.05) is 5.32 Å². The second-order valence-corrected chi connectivity index (χ2v) is 8.19. The zero-order valence-electron chi connectivity index (χ0n) is 18.0. The fraction of sp³-hybridized carbons (Fsp3) is 0.450. The lowest BCUT2D eigenvalue weighted by atomic mass is 10.0. The zero-order chi connectivity index (χ0) is 24.5. The Bertz CT molecular complexity index is 1090. The number of fused-ring (bicyclic) bond motifs is 1. The van der Waals surface area contributed by atoms with Gasteiger partial charge in [-0.1, -0.05) is 11.6 Å². The summed E-state index contributed by atoms with van der Waals surface area (Å²) in [5, 5.41) is 5.53.